The molecule has 0 saturated carbocycles. The topological polar surface area (TPSA) is 73.1 Å². The number of aromatic nitrogens is 4. The van der Waals surface area contributed by atoms with E-state index in [0.29, 0.717) is 12.3 Å². The van der Waals surface area contributed by atoms with Gasteiger partial charge in [0, 0.05) is 33.9 Å². The fraction of sp³-hybridized carbons (Fsp3) is 0.333. The molecule has 0 aliphatic rings. The standard InChI is InChI=1S/C15H19N5O2/c1-19(8-9-22-3)15-7-5-12(10-16-15)4-6-14(21)13-11-17-20(2)18-13/h4-7,10-11H,8-9H2,1-3H3/b6-4+. The molecule has 0 aliphatic carbocycles. The predicted octanol–water partition coefficient (Wildman–Crippen LogP) is 1.19. The van der Waals surface area contributed by atoms with Crippen molar-refractivity contribution in [3.05, 3.63) is 41.9 Å². The van der Waals surface area contributed by atoms with E-state index in [9.17, 15) is 4.79 Å². The average molecular weight is 301 g/mol. The average Bonchev–Trinajstić information content (AvgIpc) is 2.97. The van der Waals surface area contributed by atoms with Crippen LogP contribution in [-0.4, -0.2) is 53.1 Å². The number of ether oxygens (including phenoxy) is 1. The van der Waals surface area contributed by atoms with E-state index in [0.717, 1.165) is 17.9 Å². The first-order chi connectivity index (χ1) is 10.6. The van der Waals surface area contributed by atoms with Gasteiger partial charge in [-0.15, -0.1) is 0 Å². The van der Waals surface area contributed by atoms with Crippen LogP contribution in [0.15, 0.2) is 30.6 Å². The summed E-state index contributed by atoms with van der Waals surface area (Å²) in [7, 11) is 5.29. The van der Waals surface area contributed by atoms with Crippen LogP contribution < -0.4 is 4.90 Å². The van der Waals surface area contributed by atoms with Crippen molar-refractivity contribution in [3.8, 4) is 0 Å². The molecule has 0 radical (unpaired) electrons. The molecule has 0 N–H and O–H groups in total. The van der Waals surface area contributed by atoms with Crippen molar-refractivity contribution in [1.82, 2.24) is 20.0 Å². The molecule has 7 heteroatoms. The third-order valence-electron chi connectivity index (χ3n) is 3.07. The summed E-state index contributed by atoms with van der Waals surface area (Å²) in [4.78, 5) is 19.6. The van der Waals surface area contributed by atoms with Gasteiger partial charge >= 0.3 is 0 Å². The van der Waals surface area contributed by atoms with Crippen LogP contribution in [0.5, 0.6) is 0 Å². The van der Waals surface area contributed by atoms with E-state index in [1.807, 2.05) is 24.1 Å². The molecule has 0 unspecified atom stereocenters. The molecule has 2 aromatic heterocycles. The number of likely N-dealkylation sites (N-methyl/N-ethyl adjacent to an activating group) is 1. The molecule has 0 aromatic carbocycles. The van der Waals surface area contributed by atoms with Crippen LogP contribution in [0.4, 0.5) is 5.82 Å². The van der Waals surface area contributed by atoms with Crippen molar-refractivity contribution in [2.45, 2.75) is 0 Å². The van der Waals surface area contributed by atoms with Crippen LogP contribution in [0, 0.1) is 0 Å². The Morgan fingerprint density at radius 1 is 1.41 bits per heavy atom. The number of carbonyl (C=O) groups excluding carboxylic acids is 1. The second-order valence-electron chi connectivity index (χ2n) is 4.78. The molecule has 2 heterocycles. The number of hydrogen-bond donors (Lipinski definition) is 0. The van der Waals surface area contributed by atoms with Gasteiger partial charge in [-0.25, -0.2) is 4.98 Å². The zero-order valence-corrected chi connectivity index (χ0v) is 12.9. The Hall–Kier alpha value is -2.54. The van der Waals surface area contributed by atoms with Crippen molar-refractivity contribution in [1.29, 1.82) is 0 Å². The number of ketones is 1. The number of rotatable bonds is 7. The largest absolute Gasteiger partial charge is 0.383 e. The lowest BCUT2D eigenvalue weighted by Crippen LogP contribution is -2.22. The minimum Gasteiger partial charge on any atom is -0.383 e. The predicted molar refractivity (Wildman–Crippen MR) is 83.8 cm³/mol. The molecular formula is C15H19N5O2. The number of anilines is 1. The summed E-state index contributed by atoms with van der Waals surface area (Å²) < 4.78 is 5.04. The van der Waals surface area contributed by atoms with Gasteiger partial charge in [-0.1, -0.05) is 0 Å². The van der Waals surface area contributed by atoms with Crippen molar-refractivity contribution in [2.75, 3.05) is 32.2 Å². The van der Waals surface area contributed by atoms with E-state index in [1.165, 1.54) is 17.1 Å². The van der Waals surface area contributed by atoms with Crippen LogP contribution in [0.2, 0.25) is 0 Å². The molecule has 116 valence electrons. The third kappa shape index (κ3) is 4.23. The second-order valence-corrected chi connectivity index (χ2v) is 4.78. The lowest BCUT2D eigenvalue weighted by Gasteiger charge is -2.17. The Bertz CT molecular complexity index is 648. The summed E-state index contributed by atoms with van der Waals surface area (Å²) in [5.41, 5.74) is 1.17. The van der Waals surface area contributed by atoms with E-state index < -0.39 is 0 Å². The first-order valence-corrected chi connectivity index (χ1v) is 6.85. The molecule has 7 nitrogen and oxygen atoms in total. The number of methoxy groups -OCH3 is 1. The highest BCUT2D eigenvalue weighted by atomic mass is 16.5. The minimum absolute atomic E-state index is 0.186. The van der Waals surface area contributed by atoms with Crippen LogP contribution >= 0.6 is 0 Å². The Morgan fingerprint density at radius 3 is 2.82 bits per heavy atom. The molecule has 0 fully saturated rings. The van der Waals surface area contributed by atoms with Gasteiger partial charge in [0.2, 0.25) is 5.78 Å². The van der Waals surface area contributed by atoms with Gasteiger partial charge in [0.1, 0.15) is 5.82 Å². The number of aryl methyl sites for hydroxylation is 1. The summed E-state index contributed by atoms with van der Waals surface area (Å²) in [5.74, 6) is 0.670. The molecule has 0 atom stereocenters. The Labute approximate surface area is 129 Å². The first kappa shape index (κ1) is 15.8. The molecule has 0 amide bonds. The van der Waals surface area contributed by atoms with Crippen molar-refractivity contribution >= 4 is 17.7 Å². The summed E-state index contributed by atoms with van der Waals surface area (Å²) >= 11 is 0. The maximum atomic E-state index is 11.9. The van der Waals surface area contributed by atoms with Crippen molar-refractivity contribution in [3.63, 3.8) is 0 Å². The van der Waals surface area contributed by atoms with Crippen LogP contribution in [-0.2, 0) is 11.8 Å². The van der Waals surface area contributed by atoms with E-state index in [1.54, 1.807) is 26.4 Å². The quantitative estimate of drug-likeness (QED) is 0.565. The summed E-state index contributed by atoms with van der Waals surface area (Å²) in [6.45, 7) is 1.41. The molecule has 0 saturated heterocycles. The minimum atomic E-state index is -0.186. The third-order valence-corrected chi connectivity index (χ3v) is 3.07. The van der Waals surface area contributed by atoms with Gasteiger partial charge in [-0.2, -0.15) is 15.0 Å². The number of nitrogens with zero attached hydrogens (tertiary/aromatic N) is 5. The van der Waals surface area contributed by atoms with Gasteiger partial charge in [0.25, 0.3) is 0 Å². The summed E-state index contributed by atoms with van der Waals surface area (Å²) in [6.07, 6.45) is 6.34. The molecule has 0 spiro atoms. The van der Waals surface area contributed by atoms with Gasteiger partial charge in [0.05, 0.1) is 12.8 Å². The lowest BCUT2D eigenvalue weighted by molar-refractivity contribution is 0.104. The highest BCUT2D eigenvalue weighted by Crippen LogP contribution is 2.10. The van der Waals surface area contributed by atoms with E-state index in [-0.39, 0.29) is 5.78 Å². The number of carbonyl (C=O) groups is 1. The highest BCUT2D eigenvalue weighted by Gasteiger charge is 2.06. The van der Waals surface area contributed by atoms with Crippen molar-refractivity contribution in [2.24, 2.45) is 7.05 Å². The van der Waals surface area contributed by atoms with Crippen LogP contribution in [0.3, 0.4) is 0 Å². The molecular weight excluding hydrogens is 282 g/mol. The van der Waals surface area contributed by atoms with Crippen LogP contribution in [0.1, 0.15) is 16.1 Å². The number of hydrogen-bond acceptors (Lipinski definition) is 6. The Kier molecular flexibility index (Phi) is 5.37. The van der Waals surface area contributed by atoms with Gasteiger partial charge in [-0.3, -0.25) is 4.79 Å². The van der Waals surface area contributed by atoms with E-state index in [4.69, 9.17) is 4.74 Å². The monoisotopic (exact) mass is 301 g/mol. The molecule has 2 rings (SSSR count). The normalized spacial score (nSPS) is 11.0. The van der Waals surface area contributed by atoms with Gasteiger partial charge in [-0.05, 0) is 29.8 Å². The van der Waals surface area contributed by atoms with E-state index >= 15 is 0 Å². The van der Waals surface area contributed by atoms with E-state index in [2.05, 4.69) is 15.2 Å². The Morgan fingerprint density at radius 2 is 2.23 bits per heavy atom. The van der Waals surface area contributed by atoms with Gasteiger partial charge in [0.15, 0.2) is 5.69 Å². The maximum absolute atomic E-state index is 11.9. The summed E-state index contributed by atoms with van der Waals surface area (Å²) in [5, 5.41) is 7.83. The first-order valence-electron chi connectivity index (χ1n) is 6.85. The fourth-order valence-electron chi connectivity index (χ4n) is 1.78. The summed E-state index contributed by atoms with van der Waals surface area (Å²) in [6, 6.07) is 3.81. The van der Waals surface area contributed by atoms with Crippen molar-refractivity contribution < 1.29 is 9.53 Å². The van der Waals surface area contributed by atoms with Crippen LogP contribution in [0.25, 0.3) is 6.08 Å². The SMILES string of the molecule is COCCN(C)c1ccc(/C=C/C(=O)c2cnn(C)n2)cn1. The molecule has 22 heavy (non-hydrogen) atoms. The smallest absolute Gasteiger partial charge is 0.207 e. The molecule has 2 aromatic rings. The highest BCUT2D eigenvalue weighted by molar-refractivity contribution is 6.05. The molecule has 0 aliphatic heterocycles. The zero-order valence-electron chi connectivity index (χ0n) is 12.9. The maximum Gasteiger partial charge on any atom is 0.207 e. The zero-order chi connectivity index (χ0) is 15.9. The number of allylic oxidation sites excluding steroid dienone is 1. The number of pyridine rings is 1. The second kappa shape index (κ2) is 7.46. The fourth-order valence-corrected chi connectivity index (χ4v) is 1.78. The van der Waals surface area contributed by atoms with Gasteiger partial charge < -0.3 is 9.64 Å². The lowest BCUT2D eigenvalue weighted by atomic mass is 10.2. The Balaban J connectivity index is 1.98. The molecule has 0 bridgehead atoms.